The number of nitrogens with one attached hydrogen (secondary N) is 2. The summed E-state index contributed by atoms with van der Waals surface area (Å²) in [5, 5.41) is 16.6. The number of benzene rings is 1. The molecule has 1 fully saturated rings. The maximum absolute atomic E-state index is 11.2. The fourth-order valence-electron chi connectivity index (χ4n) is 1.66. The average molecular weight is 256 g/mol. The molecule has 0 unspecified atom stereocenters. The number of nitrogens with zero attached hydrogens (tertiary/aromatic N) is 1. The van der Waals surface area contributed by atoms with Gasteiger partial charge in [-0.15, -0.1) is 0 Å². The van der Waals surface area contributed by atoms with Crippen LogP contribution in [0.25, 0.3) is 0 Å². The van der Waals surface area contributed by atoms with Crippen LogP contribution in [0.15, 0.2) is 18.2 Å². The van der Waals surface area contributed by atoms with Crippen LogP contribution in [-0.4, -0.2) is 17.4 Å². The second kappa shape index (κ2) is 4.68. The number of nitro benzene ring substituents is 1. The number of halogens is 1. The van der Waals surface area contributed by atoms with Gasteiger partial charge < -0.3 is 5.32 Å². The van der Waals surface area contributed by atoms with Gasteiger partial charge in [-0.05, 0) is 11.6 Å². The first kappa shape index (κ1) is 11.8. The number of nitro groups is 1. The lowest BCUT2D eigenvalue weighted by atomic mass is 10.1. The number of carbonyl (C=O) groups is 1. The minimum atomic E-state index is -0.545. The maximum Gasteiger partial charge on any atom is 0.288 e. The second-order valence-corrected chi connectivity index (χ2v) is 4.08. The summed E-state index contributed by atoms with van der Waals surface area (Å²) in [6.07, 6.45) is 0.0128. The molecule has 0 radical (unpaired) electrons. The Morgan fingerprint density at radius 2 is 2.24 bits per heavy atom. The van der Waals surface area contributed by atoms with Gasteiger partial charge >= 0.3 is 0 Å². The molecule has 0 saturated carbocycles. The van der Waals surface area contributed by atoms with E-state index in [1.807, 2.05) is 0 Å². The molecule has 1 heterocycles. The average Bonchev–Trinajstić information content (AvgIpc) is 2.29. The smallest absolute Gasteiger partial charge is 0.288 e. The topological polar surface area (TPSA) is 84.3 Å². The van der Waals surface area contributed by atoms with Crippen molar-refractivity contribution in [3.05, 3.63) is 38.9 Å². The summed E-state index contributed by atoms with van der Waals surface area (Å²) in [5.74, 6) is -0.0775. The Hall–Kier alpha value is -1.66. The van der Waals surface area contributed by atoms with Crippen LogP contribution in [0.5, 0.6) is 0 Å². The first-order chi connectivity index (χ1) is 8.08. The van der Waals surface area contributed by atoms with Gasteiger partial charge in [-0.2, -0.15) is 0 Å². The van der Waals surface area contributed by atoms with Crippen LogP contribution in [-0.2, 0) is 4.79 Å². The van der Waals surface area contributed by atoms with Crippen molar-refractivity contribution in [2.45, 2.75) is 12.6 Å². The lowest BCUT2D eigenvalue weighted by molar-refractivity contribution is -0.384. The molecule has 1 aromatic carbocycles. The third-order valence-electron chi connectivity index (χ3n) is 2.51. The van der Waals surface area contributed by atoms with E-state index in [0.717, 1.165) is 0 Å². The number of hydrogen-bond acceptors (Lipinski definition) is 4. The maximum atomic E-state index is 11.2. The van der Waals surface area contributed by atoms with Crippen LogP contribution in [0.3, 0.4) is 0 Å². The van der Waals surface area contributed by atoms with Crippen LogP contribution in [0.4, 0.5) is 5.69 Å². The Bertz CT molecular complexity index is 478. The number of carbonyl (C=O) groups excluding carboxylic acids is 1. The molecule has 0 bridgehead atoms. The molecule has 90 valence electrons. The Morgan fingerprint density at radius 1 is 1.47 bits per heavy atom. The van der Waals surface area contributed by atoms with E-state index in [2.05, 4.69) is 10.6 Å². The predicted molar refractivity (Wildman–Crippen MR) is 61.6 cm³/mol. The summed E-state index contributed by atoms with van der Waals surface area (Å²) in [6, 6.07) is 4.47. The molecule has 1 atom stereocenters. The van der Waals surface area contributed by atoms with Crippen molar-refractivity contribution in [1.82, 2.24) is 10.6 Å². The lowest BCUT2D eigenvalue weighted by Gasteiger charge is -2.25. The monoisotopic (exact) mass is 255 g/mol. The highest BCUT2D eigenvalue weighted by Gasteiger charge is 2.22. The van der Waals surface area contributed by atoms with E-state index in [1.165, 1.54) is 12.1 Å². The fraction of sp³-hybridized carbons (Fsp3) is 0.300. The van der Waals surface area contributed by atoms with E-state index in [-0.39, 0.29) is 16.6 Å². The van der Waals surface area contributed by atoms with Crippen LogP contribution in [0.2, 0.25) is 5.02 Å². The molecule has 1 saturated heterocycles. The molecule has 2 rings (SSSR count). The Kier molecular flexibility index (Phi) is 3.26. The van der Waals surface area contributed by atoms with Gasteiger partial charge in [0.1, 0.15) is 11.2 Å². The van der Waals surface area contributed by atoms with Crippen molar-refractivity contribution in [2.24, 2.45) is 0 Å². The summed E-state index contributed by atoms with van der Waals surface area (Å²) in [4.78, 5) is 21.4. The highest BCUT2D eigenvalue weighted by Crippen LogP contribution is 2.27. The van der Waals surface area contributed by atoms with Gasteiger partial charge in [0.15, 0.2) is 0 Å². The van der Waals surface area contributed by atoms with Gasteiger partial charge in [-0.25, -0.2) is 0 Å². The van der Waals surface area contributed by atoms with Gasteiger partial charge in [-0.1, -0.05) is 17.7 Å². The zero-order valence-corrected chi connectivity index (χ0v) is 9.53. The van der Waals surface area contributed by atoms with Gasteiger partial charge in [-0.3, -0.25) is 20.2 Å². The molecule has 0 aliphatic carbocycles. The highest BCUT2D eigenvalue weighted by atomic mass is 35.5. The molecule has 1 aromatic rings. The molecule has 1 amide bonds. The van der Waals surface area contributed by atoms with Crippen LogP contribution >= 0.6 is 11.6 Å². The Morgan fingerprint density at radius 3 is 2.88 bits per heavy atom. The quantitative estimate of drug-likeness (QED) is 0.617. The zero-order chi connectivity index (χ0) is 12.4. The third-order valence-corrected chi connectivity index (χ3v) is 2.83. The number of hydrogen-bond donors (Lipinski definition) is 2. The van der Waals surface area contributed by atoms with Crippen LogP contribution in [0, 0.1) is 10.1 Å². The zero-order valence-electron chi connectivity index (χ0n) is 8.77. The van der Waals surface area contributed by atoms with E-state index in [0.29, 0.717) is 18.5 Å². The van der Waals surface area contributed by atoms with E-state index in [9.17, 15) is 14.9 Å². The summed E-state index contributed by atoms with van der Waals surface area (Å²) in [7, 11) is 0. The number of amides is 1. The van der Waals surface area contributed by atoms with E-state index >= 15 is 0 Å². The van der Waals surface area contributed by atoms with Crippen molar-refractivity contribution in [3.63, 3.8) is 0 Å². The summed E-state index contributed by atoms with van der Waals surface area (Å²) in [5.41, 5.74) is 0.458. The van der Waals surface area contributed by atoms with Gasteiger partial charge in [0, 0.05) is 19.0 Å². The van der Waals surface area contributed by atoms with Crippen LogP contribution < -0.4 is 10.6 Å². The molecule has 2 N–H and O–H groups in total. The molecule has 0 aromatic heterocycles. The van der Waals surface area contributed by atoms with Crippen molar-refractivity contribution < 1.29 is 9.72 Å². The molecule has 1 aliphatic rings. The Balaban J connectivity index is 2.29. The van der Waals surface area contributed by atoms with Gasteiger partial charge in [0.2, 0.25) is 5.91 Å². The second-order valence-electron chi connectivity index (χ2n) is 3.67. The minimum absolute atomic E-state index is 0.0775. The molecule has 1 aliphatic heterocycles. The normalized spacial score (nSPS) is 19.8. The molecule has 17 heavy (non-hydrogen) atoms. The standard InChI is InChI=1S/C10H10ClN3O3/c11-7-2-1-6(5-8(7)14(16)17)10-12-4-3-9(15)13-10/h1-2,5,10,12H,3-4H2,(H,13,15)/t10-/m1/s1. The summed E-state index contributed by atoms with van der Waals surface area (Å²) >= 11 is 5.71. The van der Waals surface area contributed by atoms with E-state index < -0.39 is 11.1 Å². The molecule has 7 heteroatoms. The molecule has 6 nitrogen and oxygen atoms in total. The first-order valence-corrected chi connectivity index (χ1v) is 5.42. The lowest BCUT2D eigenvalue weighted by Crippen LogP contribution is -2.44. The first-order valence-electron chi connectivity index (χ1n) is 5.04. The third kappa shape index (κ3) is 2.54. The van der Waals surface area contributed by atoms with Crippen molar-refractivity contribution in [1.29, 1.82) is 0 Å². The van der Waals surface area contributed by atoms with E-state index in [4.69, 9.17) is 11.6 Å². The largest absolute Gasteiger partial charge is 0.337 e. The predicted octanol–water partition coefficient (Wildman–Crippen LogP) is 1.36. The Labute approximate surface area is 102 Å². The van der Waals surface area contributed by atoms with Gasteiger partial charge in [0.05, 0.1) is 4.92 Å². The van der Waals surface area contributed by atoms with Crippen LogP contribution in [0.1, 0.15) is 18.2 Å². The van der Waals surface area contributed by atoms with Crippen molar-refractivity contribution in [2.75, 3.05) is 6.54 Å². The SMILES string of the molecule is O=C1CCN[C@@H](c2ccc(Cl)c([N+](=O)[O-])c2)N1. The van der Waals surface area contributed by atoms with Crippen molar-refractivity contribution >= 4 is 23.2 Å². The van der Waals surface area contributed by atoms with Crippen molar-refractivity contribution in [3.8, 4) is 0 Å². The summed E-state index contributed by atoms with van der Waals surface area (Å²) < 4.78 is 0. The number of rotatable bonds is 2. The van der Waals surface area contributed by atoms with E-state index in [1.54, 1.807) is 6.07 Å². The fourth-order valence-corrected chi connectivity index (χ4v) is 1.85. The molecule has 0 spiro atoms. The molecular formula is C10H10ClN3O3. The minimum Gasteiger partial charge on any atom is -0.337 e. The summed E-state index contributed by atoms with van der Waals surface area (Å²) in [6.45, 7) is 0.549. The highest BCUT2D eigenvalue weighted by molar-refractivity contribution is 6.32. The molecular weight excluding hydrogens is 246 g/mol. The van der Waals surface area contributed by atoms with Gasteiger partial charge in [0.25, 0.3) is 5.69 Å².